The summed E-state index contributed by atoms with van der Waals surface area (Å²) in [4.78, 5) is 12.6. The van der Waals surface area contributed by atoms with Gasteiger partial charge in [0.05, 0.1) is 11.5 Å². The molecular formula is C17H22N2O4S2. The van der Waals surface area contributed by atoms with E-state index in [1.165, 1.54) is 15.6 Å². The smallest absolute Gasteiger partial charge is 0.348 e. The summed E-state index contributed by atoms with van der Waals surface area (Å²) in [5, 5.41) is 0.733. The molecule has 0 bridgehead atoms. The summed E-state index contributed by atoms with van der Waals surface area (Å²) in [7, 11) is -3.55. The molecule has 2 N–H and O–H groups in total. The van der Waals surface area contributed by atoms with Gasteiger partial charge in [-0.1, -0.05) is 0 Å². The Morgan fingerprint density at radius 2 is 2.20 bits per heavy atom. The van der Waals surface area contributed by atoms with Crippen LogP contribution in [0.4, 0.5) is 0 Å². The lowest BCUT2D eigenvalue weighted by molar-refractivity contribution is 0.0532. The molecule has 25 heavy (non-hydrogen) atoms. The Kier molecular flexibility index (Phi) is 5.15. The summed E-state index contributed by atoms with van der Waals surface area (Å²) in [5.41, 5.74) is 5.91. The first-order chi connectivity index (χ1) is 11.8. The van der Waals surface area contributed by atoms with E-state index < -0.39 is 10.0 Å². The molecule has 1 aromatic heterocycles. The van der Waals surface area contributed by atoms with Crippen LogP contribution in [0, 0.1) is 5.92 Å². The predicted octanol–water partition coefficient (Wildman–Crippen LogP) is 2.44. The molecule has 0 amide bonds. The summed E-state index contributed by atoms with van der Waals surface area (Å²) >= 11 is 1.30. The molecule has 1 aromatic carbocycles. The Labute approximate surface area is 151 Å². The average Bonchev–Trinajstić information content (AvgIpc) is 3.21. The molecular weight excluding hydrogens is 360 g/mol. The highest BCUT2D eigenvalue weighted by Crippen LogP contribution is 2.31. The van der Waals surface area contributed by atoms with Gasteiger partial charge in [-0.25, -0.2) is 13.2 Å². The fourth-order valence-corrected chi connectivity index (χ4v) is 5.52. The van der Waals surface area contributed by atoms with Crippen LogP contribution in [0.15, 0.2) is 29.2 Å². The van der Waals surface area contributed by atoms with Crippen LogP contribution in [0.2, 0.25) is 0 Å². The summed E-state index contributed by atoms with van der Waals surface area (Å²) in [5.74, 6) is -0.192. The summed E-state index contributed by atoms with van der Waals surface area (Å²) in [6, 6.07) is 6.64. The maximum atomic E-state index is 12.9. The maximum absolute atomic E-state index is 12.9. The van der Waals surface area contributed by atoms with Crippen molar-refractivity contribution in [2.24, 2.45) is 11.7 Å². The second-order valence-electron chi connectivity index (χ2n) is 6.30. The monoisotopic (exact) mass is 382 g/mol. The molecule has 2 aromatic rings. The van der Waals surface area contributed by atoms with Gasteiger partial charge in [0, 0.05) is 23.8 Å². The third-order valence-corrected chi connectivity index (χ3v) is 7.49. The number of thiophene rings is 1. The first-order valence-corrected chi connectivity index (χ1v) is 10.5. The first-order valence-electron chi connectivity index (χ1n) is 8.29. The van der Waals surface area contributed by atoms with E-state index in [1.54, 1.807) is 31.2 Å². The zero-order valence-corrected chi connectivity index (χ0v) is 15.9. The predicted molar refractivity (Wildman–Crippen MR) is 98.3 cm³/mol. The van der Waals surface area contributed by atoms with E-state index in [0.717, 1.165) is 16.5 Å². The number of carbonyl (C=O) groups is 1. The maximum Gasteiger partial charge on any atom is 0.348 e. The van der Waals surface area contributed by atoms with Crippen molar-refractivity contribution in [3.63, 3.8) is 0 Å². The molecule has 1 aliphatic rings. The second kappa shape index (κ2) is 7.03. The number of fused-ring (bicyclic) bond motifs is 1. The van der Waals surface area contributed by atoms with Gasteiger partial charge in [0.25, 0.3) is 0 Å². The van der Waals surface area contributed by atoms with Crippen molar-refractivity contribution in [2.45, 2.75) is 31.2 Å². The number of hydrogen-bond acceptors (Lipinski definition) is 6. The third-order valence-electron chi connectivity index (χ3n) is 4.53. The lowest BCUT2D eigenvalue weighted by Gasteiger charge is -2.18. The lowest BCUT2D eigenvalue weighted by atomic mass is 10.0. The largest absolute Gasteiger partial charge is 0.462 e. The van der Waals surface area contributed by atoms with Crippen molar-refractivity contribution in [3.8, 4) is 0 Å². The zero-order valence-electron chi connectivity index (χ0n) is 14.3. The normalized spacial score (nSPS) is 20.0. The quantitative estimate of drug-likeness (QED) is 0.802. The molecule has 1 aliphatic heterocycles. The molecule has 2 unspecified atom stereocenters. The van der Waals surface area contributed by atoms with Gasteiger partial charge < -0.3 is 10.5 Å². The van der Waals surface area contributed by atoms with Crippen LogP contribution in [-0.2, 0) is 14.8 Å². The van der Waals surface area contributed by atoms with Crippen LogP contribution in [0.25, 0.3) is 10.1 Å². The van der Waals surface area contributed by atoms with Crippen LogP contribution in [0.1, 0.15) is 29.9 Å². The van der Waals surface area contributed by atoms with Crippen LogP contribution < -0.4 is 5.73 Å². The van der Waals surface area contributed by atoms with Crippen molar-refractivity contribution in [3.05, 3.63) is 29.1 Å². The van der Waals surface area contributed by atoms with E-state index in [4.69, 9.17) is 10.5 Å². The number of esters is 1. The second-order valence-corrected chi connectivity index (χ2v) is 9.32. The minimum Gasteiger partial charge on any atom is -0.462 e. The van der Waals surface area contributed by atoms with Gasteiger partial charge in [0.1, 0.15) is 4.88 Å². The highest BCUT2D eigenvalue weighted by Gasteiger charge is 2.34. The molecule has 2 heterocycles. The fraction of sp³-hybridized carbons (Fsp3) is 0.471. The molecule has 0 radical (unpaired) electrons. The number of nitrogens with two attached hydrogens (primary N) is 1. The minimum atomic E-state index is -3.55. The molecule has 6 nitrogen and oxygen atoms in total. The van der Waals surface area contributed by atoms with Gasteiger partial charge in [-0.15, -0.1) is 11.3 Å². The Morgan fingerprint density at radius 3 is 2.84 bits per heavy atom. The number of ether oxygens (including phenoxy) is 1. The Bertz CT molecular complexity index is 889. The summed E-state index contributed by atoms with van der Waals surface area (Å²) < 4.78 is 33.1. The number of sulfonamides is 1. The topological polar surface area (TPSA) is 89.7 Å². The van der Waals surface area contributed by atoms with Crippen LogP contribution in [0.3, 0.4) is 0 Å². The van der Waals surface area contributed by atoms with Gasteiger partial charge in [0.2, 0.25) is 10.0 Å². The van der Waals surface area contributed by atoms with Gasteiger partial charge in [-0.3, -0.25) is 0 Å². The number of benzene rings is 1. The Morgan fingerprint density at radius 1 is 1.44 bits per heavy atom. The standard InChI is InChI=1S/C17H22N2O4S2/c1-3-23-17(20)16-9-13-8-14(4-5-15(13)24-16)25(21,22)19-7-6-12(10-19)11(2)18/h4-5,8-9,11-12H,3,6-7,10,18H2,1-2H3. The summed E-state index contributed by atoms with van der Waals surface area (Å²) in [6.45, 7) is 4.92. The molecule has 8 heteroatoms. The van der Waals surface area contributed by atoms with Gasteiger partial charge in [-0.2, -0.15) is 4.31 Å². The summed E-state index contributed by atoms with van der Waals surface area (Å²) in [6.07, 6.45) is 0.782. The number of carbonyl (C=O) groups excluding carboxylic acids is 1. The zero-order chi connectivity index (χ0) is 18.2. The van der Waals surface area contributed by atoms with E-state index in [9.17, 15) is 13.2 Å². The van der Waals surface area contributed by atoms with Crippen LogP contribution >= 0.6 is 11.3 Å². The van der Waals surface area contributed by atoms with Gasteiger partial charge >= 0.3 is 5.97 Å². The van der Waals surface area contributed by atoms with Crippen molar-refractivity contribution >= 4 is 37.4 Å². The molecule has 0 saturated carbocycles. The third kappa shape index (κ3) is 3.57. The number of nitrogens with zero attached hydrogens (tertiary/aromatic N) is 1. The van der Waals surface area contributed by atoms with E-state index in [-0.39, 0.29) is 22.8 Å². The molecule has 0 spiro atoms. The highest BCUT2D eigenvalue weighted by atomic mass is 32.2. The number of rotatable bonds is 5. The molecule has 3 rings (SSSR count). The lowest BCUT2D eigenvalue weighted by Crippen LogP contribution is -2.33. The van der Waals surface area contributed by atoms with E-state index in [0.29, 0.717) is 24.6 Å². The minimum absolute atomic E-state index is 0.0216. The fourth-order valence-electron chi connectivity index (χ4n) is 3.04. The van der Waals surface area contributed by atoms with Gasteiger partial charge in [0.15, 0.2) is 0 Å². The first kappa shape index (κ1) is 18.3. The van der Waals surface area contributed by atoms with Crippen molar-refractivity contribution in [1.82, 2.24) is 4.31 Å². The molecule has 1 fully saturated rings. The SMILES string of the molecule is CCOC(=O)c1cc2cc(S(=O)(=O)N3CCC(C(C)N)C3)ccc2s1. The van der Waals surface area contributed by atoms with Crippen molar-refractivity contribution in [1.29, 1.82) is 0 Å². The Hall–Kier alpha value is -1.48. The van der Waals surface area contributed by atoms with E-state index in [1.807, 2.05) is 6.92 Å². The molecule has 0 aliphatic carbocycles. The van der Waals surface area contributed by atoms with Crippen molar-refractivity contribution in [2.75, 3.05) is 19.7 Å². The molecule has 1 saturated heterocycles. The molecule has 136 valence electrons. The van der Waals surface area contributed by atoms with Gasteiger partial charge in [-0.05, 0) is 55.8 Å². The van der Waals surface area contributed by atoms with Crippen LogP contribution in [0.5, 0.6) is 0 Å². The highest BCUT2D eigenvalue weighted by molar-refractivity contribution is 7.89. The average molecular weight is 383 g/mol. The number of hydrogen-bond donors (Lipinski definition) is 1. The van der Waals surface area contributed by atoms with E-state index >= 15 is 0 Å². The Balaban J connectivity index is 1.89. The van der Waals surface area contributed by atoms with Crippen LogP contribution in [-0.4, -0.2) is 44.4 Å². The van der Waals surface area contributed by atoms with Crippen molar-refractivity contribution < 1.29 is 17.9 Å². The van der Waals surface area contributed by atoms with E-state index in [2.05, 4.69) is 0 Å². The molecule has 2 atom stereocenters.